The maximum absolute atomic E-state index is 12.9. The molecular weight excluding hydrogens is 181 g/mol. The van der Waals surface area contributed by atoms with Gasteiger partial charge in [-0.25, -0.2) is 4.39 Å². The average Bonchev–Trinajstić information content (AvgIpc) is 2.18. The third kappa shape index (κ3) is 1.39. The molecule has 1 aromatic carbocycles. The quantitative estimate of drug-likeness (QED) is 0.625. The monoisotopic (exact) mass is 193 g/mol. The van der Waals surface area contributed by atoms with Gasteiger partial charge in [0.05, 0.1) is 0 Å². The Morgan fingerprint density at radius 2 is 2.36 bits per heavy atom. The normalized spacial score (nSPS) is 20.4. The third-order valence-electron chi connectivity index (χ3n) is 2.74. The molecule has 0 aromatic heterocycles. The van der Waals surface area contributed by atoms with Gasteiger partial charge in [0.2, 0.25) is 6.41 Å². The minimum absolute atomic E-state index is 0.213. The van der Waals surface area contributed by atoms with Crippen LogP contribution in [0.2, 0.25) is 0 Å². The number of aryl methyl sites for hydroxylation is 1. The predicted octanol–water partition coefficient (Wildman–Crippen LogP) is 2.12. The number of hydrogen-bond acceptors (Lipinski definition) is 1. The van der Waals surface area contributed by atoms with Crippen LogP contribution in [0.25, 0.3) is 0 Å². The van der Waals surface area contributed by atoms with Gasteiger partial charge < -0.3 is 4.90 Å². The number of halogens is 1. The SMILES string of the molecule is C[C@H]1CCc2cc(F)ccc2N1C=O. The van der Waals surface area contributed by atoms with E-state index >= 15 is 0 Å². The molecule has 0 unspecified atom stereocenters. The van der Waals surface area contributed by atoms with Crippen molar-refractivity contribution >= 4 is 12.1 Å². The molecule has 0 saturated carbocycles. The van der Waals surface area contributed by atoms with Gasteiger partial charge in [-0.1, -0.05) is 0 Å². The summed E-state index contributed by atoms with van der Waals surface area (Å²) in [5.74, 6) is -0.232. The second-order valence-corrected chi connectivity index (χ2v) is 3.67. The first kappa shape index (κ1) is 9.19. The summed E-state index contributed by atoms with van der Waals surface area (Å²) < 4.78 is 12.9. The van der Waals surface area contributed by atoms with Crippen molar-refractivity contribution in [2.24, 2.45) is 0 Å². The van der Waals surface area contributed by atoms with Gasteiger partial charge in [0.15, 0.2) is 0 Å². The lowest BCUT2D eigenvalue weighted by molar-refractivity contribution is -0.107. The molecule has 74 valence electrons. The topological polar surface area (TPSA) is 20.3 Å². The van der Waals surface area contributed by atoms with Crippen molar-refractivity contribution in [2.45, 2.75) is 25.8 Å². The van der Waals surface area contributed by atoms with Gasteiger partial charge in [0.1, 0.15) is 5.82 Å². The molecule has 0 aliphatic carbocycles. The molecule has 2 nitrogen and oxygen atoms in total. The van der Waals surface area contributed by atoms with E-state index in [0.717, 1.165) is 30.5 Å². The largest absolute Gasteiger partial charge is 0.312 e. The van der Waals surface area contributed by atoms with Crippen LogP contribution in [-0.4, -0.2) is 12.5 Å². The van der Waals surface area contributed by atoms with Crippen molar-refractivity contribution in [3.8, 4) is 0 Å². The fourth-order valence-corrected chi connectivity index (χ4v) is 1.91. The summed E-state index contributed by atoms with van der Waals surface area (Å²) in [7, 11) is 0. The van der Waals surface area contributed by atoms with Crippen LogP contribution in [0.3, 0.4) is 0 Å². The standard InChI is InChI=1S/C11H12FNO/c1-8-2-3-9-6-10(12)4-5-11(9)13(8)7-14/h4-8H,2-3H2,1H3/t8-/m0/s1. The van der Waals surface area contributed by atoms with Gasteiger partial charge in [-0.05, 0) is 43.5 Å². The Hall–Kier alpha value is -1.38. The summed E-state index contributed by atoms with van der Waals surface area (Å²) in [5, 5.41) is 0. The van der Waals surface area contributed by atoms with Gasteiger partial charge in [0.25, 0.3) is 0 Å². The second-order valence-electron chi connectivity index (χ2n) is 3.67. The lowest BCUT2D eigenvalue weighted by Gasteiger charge is -2.32. The van der Waals surface area contributed by atoms with E-state index in [1.54, 1.807) is 11.0 Å². The van der Waals surface area contributed by atoms with Crippen molar-refractivity contribution in [3.05, 3.63) is 29.6 Å². The maximum Gasteiger partial charge on any atom is 0.214 e. The Morgan fingerprint density at radius 3 is 3.07 bits per heavy atom. The van der Waals surface area contributed by atoms with Crippen LogP contribution < -0.4 is 4.90 Å². The lowest BCUT2D eigenvalue weighted by Crippen LogP contribution is -2.36. The van der Waals surface area contributed by atoms with Gasteiger partial charge in [-0.2, -0.15) is 0 Å². The third-order valence-corrected chi connectivity index (χ3v) is 2.74. The Morgan fingerprint density at radius 1 is 1.57 bits per heavy atom. The summed E-state index contributed by atoms with van der Waals surface area (Å²) in [6.07, 6.45) is 2.56. The second kappa shape index (κ2) is 3.40. The molecule has 1 aromatic rings. The van der Waals surface area contributed by atoms with Crippen LogP contribution in [0.15, 0.2) is 18.2 Å². The molecule has 0 spiro atoms. The summed E-state index contributed by atoms with van der Waals surface area (Å²) in [4.78, 5) is 12.5. The van der Waals surface area contributed by atoms with Crippen LogP contribution in [-0.2, 0) is 11.2 Å². The van der Waals surface area contributed by atoms with Gasteiger partial charge in [-0.3, -0.25) is 4.79 Å². The van der Waals surface area contributed by atoms with Crippen molar-refractivity contribution in [1.29, 1.82) is 0 Å². The fourth-order valence-electron chi connectivity index (χ4n) is 1.91. The Bertz CT molecular complexity index is 364. The molecule has 14 heavy (non-hydrogen) atoms. The molecule has 0 N–H and O–H groups in total. The molecule has 0 radical (unpaired) electrons. The Kier molecular flexibility index (Phi) is 2.23. The maximum atomic E-state index is 12.9. The van der Waals surface area contributed by atoms with E-state index in [2.05, 4.69) is 0 Å². The Labute approximate surface area is 82.3 Å². The van der Waals surface area contributed by atoms with Crippen molar-refractivity contribution in [1.82, 2.24) is 0 Å². The minimum atomic E-state index is -0.232. The molecule has 1 heterocycles. The predicted molar refractivity (Wildman–Crippen MR) is 52.7 cm³/mol. The first-order valence-electron chi connectivity index (χ1n) is 4.74. The fraction of sp³-hybridized carbons (Fsp3) is 0.364. The van der Waals surface area contributed by atoms with Gasteiger partial charge in [0, 0.05) is 11.7 Å². The van der Waals surface area contributed by atoms with Crippen LogP contribution in [0.1, 0.15) is 18.9 Å². The van der Waals surface area contributed by atoms with E-state index in [-0.39, 0.29) is 11.9 Å². The number of hydrogen-bond donors (Lipinski definition) is 0. The summed E-state index contributed by atoms with van der Waals surface area (Å²) in [5.41, 5.74) is 1.77. The van der Waals surface area contributed by atoms with E-state index in [1.165, 1.54) is 12.1 Å². The Balaban J connectivity index is 2.46. The number of carbonyl (C=O) groups is 1. The summed E-state index contributed by atoms with van der Waals surface area (Å²) >= 11 is 0. The number of carbonyl (C=O) groups excluding carboxylic acids is 1. The zero-order chi connectivity index (χ0) is 10.1. The molecular formula is C11H12FNO. The van der Waals surface area contributed by atoms with E-state index in [9.17, 15) is 9.18 Å². The van der Waals surface area contributed by atoms with Crippen LogP contribution >= 0.6 is 0 Å². The highest BCUT2D eigenvalue weighted by Crippen LogP contribution is 2.29. The van der Waals surface area contributed by atoms with Crippen LogP contribution in [0.5, 0.6) is 0 Å². The summed E-state index contributed by atoms with van der Waals surface area (Å²) in [6.45, 7) is 2.00. The zero-order valence-corrected chi connectivity index (χ0v) is 8.03. The molecule has 0 saturated heterocycles. The molecule has 0 fully saturated rings. The van der Waals surface area contributed by atoms with E-state index in [4.69, 9.17) is 0 Å². The first-order chi connectivity index (χ1) is 6.72. The van der Waals surface area contributed by atoms with Crippen molar-refractivity contribution < 1.29 is 9.18 Å². The zero-order valence-electron chi connectivity index (χ0n) is 8.03. The number of anilines is 1. The van der Waals surface area contributed by atoms with Crippen LogP contribution in [0, 0.1) is 5.82 Å². The first-order valence-corrected chi connectivity index (χ1v) is 4.74. The minimum Gasteiger partial charge on any atom is -0.312 e. The van der Waals surface area contributed by atoms with Crippen molar-refractivity contribution in [3.63, 3.8) is 0 Å². The average molecular weight is 193 g/mol. The molecule has 1 aliphatic heterocycles. The number of benzene rings is 1. The molecule has 1 atom stereocenters. The number of nitrogens with zero attached hydrogens (tertiary/aromatic N) is 1. The molecule has 3 heteroatoms. The van der Waals surface area contributed by atoms with Gasteiger partial charge >= 0.3 is 0 Å². The highest BCUT2D eigenvalue weighted by Gasteiger charge is 2.22. The number of rotatable bonds is 1. The van der Waals surface area contributed by atoms with E-state index in [1.807, 2.05) is 6.92 Å². The molecule has 2 rings (SSSR count). The molecule has 0 bridgehead atoms. The molecule has 1 aliphatic rings. The number of fused-ring (bicyclic) bond motifs is 1. The van der Waals surface area contributed by atoms with Gasteiger partial charge in [-0.15, -0.1) is 0 Å². The lowest BCUT2D eigenvalue weighted by atomic mass is 9.97. The van der Waals surface area contributed by atoms with E-state index < -0.39 is 0 Å². The summed E-state index contributed by atoms with van der Waals surface area (Å²) in [6, 6.07) is 4.80. The highest BCUT2D eigenvalue weighted by molar-refractivity contribution is 5.78. The molecule has 1 amide bonds. The van der Waals surface area contributed by atoms with Crippen LogP contribution in [0.4, 0.5) is 10.1 Å². The van der Waals surface area contributed by atoms with Crippen molar-refractivity contribution in [2.75, 3.05) is 4.90 Å². The number of amides is 1. The smallest absolute Gasteiger partial charge is 0.214 e. The highest BCUT2D eigenvalue weighted by atomic mass is 19.1. The van der Waals surface area contributed by atoms with E-state index in [0.29, 0.717) is 0 Å².